The van der Waals surface area contributed by atoms with Crippen molar-refractivity contribution in [2.45, 2.75) is 52.0 Å². The van der Waals surface area contributed by atoms with E-state index in [9.17, 15) is 0 Å². The SMILES string of the molecule is CCN(CC)c1ncc(C=NNC(=S)NC2CCCCC2)s1. The summed E-state index contributed by atoms with van der Waals surface area (Å²) in [6.45, 7) is 6.20. The molecule has 1 aliphatic carbocycles. The summed E-state index contributed by atoms with van der Waals surface area (Å²) in [4.78, 5) is 7.68. The third-order valence-corrected chi connectivity index (χ3v) is 5.05. The highest BCUT2D eigenvalue weighted by Gasteiger charge is 2.13. The molecule has 1 aromatic heterocycles. The molecule has 1 aliphatic rings. The van der Waals surface area contributed by atoms with Gasteiger partial charge in [0.1, 0.15) is 0 Å². The summed E-state index contributed by atoms with van der Waals surface area (Å²) in [5.41, 5.74) is 2.90. The van der Waals surface area contributed by atoms with Gasteiger partial charge in [-0.2, -0.15) is 5.10 Å². The second-order valence-corrected chi connectivity index (χ2v) is 6.84. The predicted octanol–water partition coefficient (Wildman–Crippen LogP) is 3.12. The molecule has 1 aromatic rings. The van der Waals surface area contributed by atoms with Gasteiger partial charge in [0.25, 0.3) is 0 Å². The van der Waals surface area contributed by atoms with E-state index in [0.717, 1.165) is 23.1 Å². The Bertz CT molecular complexity index is 490. The number of hydrazone groups is 1. The second kappa shape index (κ2) is 9.05. The lowest BCUT2D eigenvalue weighted by Crippen LogP contribution is -2.40. The molecule has 1 heterocycles. The standard InChI is InChI=1S/C15H25N5S2/c1-3-20(4-2)15-16-10-13(22-15)11-17-19-14(21)18-12-8-6-5-7-9-12/h10-12H,3-9H2,1-2H3,(H2,18,19,21). The molecule has 1 fully saturated rings. The van der Waals surface area contributed by atoms with Crippen molar-refractivity contribution in [2.75, 3.05) is 18.0 Å². The Hall–Kier alpha value is -1.21. The number of rotatable bonds is 6. The molecule has 7 heteroatoms. The van der Waals surface area contributed by atoms with Crippen LogP contribution in [0.15, 0.2) is 11.3 Å². The quantitative estimate of drug-likeness (QED) is 0.474. The number of aromatic nitrogens is 1. The van der Waals surface area contributed by atoms with Gasteiger partial charge >= 0.3 is 0 Å². The van der Waals surface area contributed by atoms with E-state index < -0.39 is 0 Å². The van der Waals surface area contributed by atoms with Gasteiger partial charge in [0.2, 0.25) is 0 Å². The maximum Gasteiger partial charge on any atom is 0.187 e. The molecule has 0 aliphatic heterocycles. The van der Waals surface area contributed by atoms with E-state index in [2.05, 4.69) is 39.6 Å². The molecule has 0 atom stereocenters. The van der Waals surface area contributed by atoms with Gasteiger partial charge in [0, 0.05) is 25.3 Å². The fraction of sp³-hybridized carbons (Fsp3) is 0.667. The Morgan fingerprint density at radius 2 is 2.14 bits per heavy atom. The minimum Gasteiger partial charge on any atom is -0.359 e. The summed E-state index contributed by atoms with van der Waals surface area (Å²) in [6, 6.07) is 0.502. The molecule has 122 valence electrons. The van der Waals surface area contributed by atoms with Crippen LogP contribution in [0.5, 0.6) is 0 Å². The van der Waals surface area contributed by atoms with Crippen LogP contribution in [-0.2, 0) is 0 Å². The molecular weight excluding hydrogens is 314 g/mol. The molecule has 0 bridgehead atoms. The lowest BCUT2D eigenvalue weighted by atomic mass is 9.96. The zero-order valence-electron chi connectivity index (χ0n) is 13.3. The number of nitrogens with one attached hydrogen (secondary N) is 2. The second-order valence-electron chi connectivity index (χ2n) is 5.40. The van der Waals surface area contributed by atoms with Gasteiger partial charge in [-0.25, -0.2) is 4.98 Å². The van der Waals surface area contributed by atoms with E-state index in [0.29, 0.717) is 11.2 Å². The summed E-state index contributed by atoms with van der Waals surface area (Å²) < 4.78 is 0. The van der Waals surface area contributed by atoms with Gasteiger partial charge in [0.05, 0.1) is 11.1 Å². The first kappa shape index (κ1) is 17.1. The molecule has 0 radical (unpaired) electrons. The highest BCUT2D eigenvalue weighted by Crippen LogP contribution is 2.20. The van der Waals surface area contributed by atoms with Crippen LogP contribution < -0.4 is 15.6 Å². The highest BCUT2D eigenvalue weighted by atomic mass is 32.1. The molecule has 2 rings (SSSR count). The number of hydrogen-bond acceptors (Lipinski definition) is 5. The minimum absolute atomic E-state index is 0.502. The van der Waals surface area contributed by atoms with E-state index in [1.54, 1.807) is 17.6 Å². The first-order valence-corrected chi connectivity index (χ1v) is 9.25. The third-order valence-electron chi connectivity index (χ3n) is 3.84. The van der Waals surface area contributed by atoms with Crippen molar-refractivity contribution in [3.8, 4) is 0 Å². The Kier molecular flexibility index (Phi) is 7.05. The highest BCUT2D eigenvalue weighted by molar-refractivity contribution is 7.80. The Morgan fingerprint density at radius 1 is 1.41 bits per heavy atom. The van der Waals surface area contributed by atoms with Crippen LogP contribution in [0, 0.1) is 0 Å². The van der Waals surface area contributed by atoms with Crippen LogP contribution in [-0.4, -0.2) is 35.4 Å². The van der Waals surface area contributed by atoms with E-state index in [1.807, 2.05) is 6.20 Å². The van der Waals surface area contributed by atoms with Crippen LogP contribution in [0.25, 0.3) is 0 Å². The molecule has 0 amide bonds. The fourth-order valence-electron chi connectivity index (χ4n) is 2.60. The Morgan fingerprint density at radius 3 is 2.82 bits per heavy atom. The first-order valence-electron chi connectivity index (χ1n) is 8.03. The van der Waals surface area contributed by atoms with Crippen molar-refractivity contribution < 1.29 is 0 Å². The normalized spacial score (nSPS) is 15.9. The molecule has 0 spiro atoms. The maximum atomic E-state index is 5.28. The number of hydrogen-bond donors (Lipinski definition) is 2. The van der Waals surface area contributed by atoms with Crippen molar-refractivity contribution in [2.24, 2.45) is 5.10 Å². The average Bonchev–Trinajstić information content (AvgIpc) is 2.98. The van der Waals surface area contributed by atoms with Crippen molar-refractivity contribution in [1.29, 1.82) is 0 Å². The number of thiocarbonyl (C=S) groups is 1. The molecule has 0 unspecified atom stereocenters. The Labute approximate surface area is 142 Å². The summed E-state index contributed by atoms with van der Waals surface area (Å²) in [6.07, 6.45) is 9.95. The molecule has 2 N–H and O–H groups in total. The van der Waals surface area contributed by atoms with Gasteiger partial charge in [-0.15, -0.1) is 0 Å². The molecule has 22 heavy (non-hydrogen) atoms. The van der Waals surface area contributed by atoms with Crippen molar-refractivity contribution >= 4 is 40.0 Å². The fourth-order valence-corrected chi connectivity index (χ4v) is 3.73. The summed E-state index contributed by atoms with van der Waals surface area (Å²) in [7, 11) is 0. The monoisotopic (exact) mass is 339 g/mol. The number of thiazole rings is 1. The van der Waals surface area contributed by atoms with Gasteiger partial charge in [-0.3, -0.25) is 5.43 Å². The van der Waals surface area contributed by atoms with Crippen molar-refractivity contribution in [3.05, 3.63) is 11.1 Å². The summed E-state index contributed by atoms with van der Waals surface area (Å²) in [5.74, 6) is 0. The largest absolute Gasteiger partial charge is 0.359 e. The van der Waals surface area contributed by atoms with Crippen LogP contribution in [0.2, 0.25) is 0 Å². The Balaban J connectivity index is 1.78. The van der Waals surface area contributed by atoms with Gasteiger partial charge in [-0.1, -0.05) is 30.6 Å². The summed E-state index contributed by atoms with van der Waals surface area (Å²) >= 11 is 6.92. The van der Waals surface area contributed by atoms with Crippen LogP contribution >= 0.6 is 23.6 Å². The molecule has 1 saturated carbocycles. The lowest BCUT2D eigenvalue weighted by molar-refractivity contribution is 0.412. The van der Waals surface area contributed by atoms with Crippen LogP contribution in [0.4, 0.5) is 5.13 Å². The lowest BCUT2D eigenvalue weighted by Gasteiger charge is -2.23. The number of anilines is 1. The van der Waals surface area contributed by atoms with Gasteiger partial charge < -0.3 is 10.2 Å². The van der Waals surface area contributed by atoms with E-state index in [1.165, 1.54) is 32.1 Å². The zero-order valence-corrected chi connectivity index (χ0v) is 15.0. The molecule has 5 nitrogen and oxygen atoms in total. The topological polar surface area (TPSA) is 52.6 Å². The minimum atomic E-state index is 0.502. The average molecular weight is 340 g/mol. The summed E-state index contributed by atoms with van der Waals surface area (Å²) in [5, 5.41) is 9.18. The maximum absolute atomic E-state index is 5.28. The molecule has 0 saturated heterocycles. The first-order chi connectivity index (χ1) is 10.7. The number of nitrogens with zero attached hydrogens (tertiary/aromatic N) is 3. The van der Waals surface area contributed by atoms with E-state index in [4.69, 9.17) is 12.2 Å². The third kappa shape index (κ3) is 5.21. The van der Waals surface area contributed by atoms with E-state index >= 15 is 0 Å². The van der Waals surface area contributed by atoms with Crippen molar-refractivity contribution in [3.63, 3.8) is 0 Å². The van der Waals surface area contributed by atoms with Gasteiger partial charge in [-0.05, 0) is 38.9 Å². The van der Waals surface area contributed by atoms with Crippen molar-refractivity contribution in [1.82, 2.24) is 15.7 Å². The smallest absolute Gasteiger partial charge is 0.187 e. The predicted molar refractivity (Wildman–Crippen MR) is 99.0 cm³/mol. The molecular formula is C15H25N5S2. The van der Waals surface area contributed by atoms with Crippen LogP contribution in [0.3, 0.4) is 0 Å². The van der Waals surface area contributed by atoms with Gasteiger partial charge in [0.15, 0.2) is 10.2 Å². The van der Waals surface area contributed by atoms with E-state index in [-0.39, 0.29) is 0 Å². The molecule has 0 aromatic carbocycles. The zero-order chi connectivity index (χ0) is 15.8. The van der Waals surface area contributed by atoms with Crippen LogP contribution in [0.1, 0.15) is 50.8 Å².